The predicted octanol–water partition coefficient (Wildman–Crippen LogP) is 1.73. The second-order valence-electron chi connectivity index (χ2n) is 2.88. The Morgan fingerprint density at radius 2 is 2.27 bits per heavy atom. The number of carbonyl (C=O) groups excluding carboxylic acids is 1. The van der Waals surface area contributed by atoms with Crippen molar-refractivity contribution in [1.82, 2.24) is 0 Å². The highest BCUT2D eigenvalue weighted by Crippen LogP contribution is 2.20. The Labute approximate surface area is 87.8 Å². The van der Waals surface area contributed by atoms with E-state index >= 15 is 0 Å². The van der Waals surface area contributed by atoms with E-state index < -0.39 is 6.04 Å². The number of hydrogen-bond acceptors (Lipinski definition) is 4. The lowest BCUT2D eigenvalue weighted by Crippen LogP contribution is -1.99. The van der Waals surface area contributed by atoms with Crippen molar-refractivity contribution in [2.75, 3.05) is 7.11 Å². The molecule has 0 heterocycles. The van der Waals surface area contributed by atoms with Gasteiger partial charge in [-0.3, -0.25) is 0 Å². The second-order valence-corrected chi connectivity index (χ2v) is 2.88. The van der Waals surface area contributed by atoms with Crippen molar-refractivity contribution < 1.29 is 9.53 Å². The predicted molar refractivity (Wildman–Crippen MR) is 53.6 cm³/mol. The number of isocyanates is 1. The molecule has 0 saturated heterocycles. The second kappa shape index (κ2) is 5.71. The molecule has 0 spiro atoms. The van der Waals surface area contributed by atoms with E-state index in [2.05, 4.69) is 4.99 Å². The summed E-state index contributed by atoms with van der Waals surface area (Å²) < 4.78 is 4.99. The van der Waals surface area contributed by atoms with Gasteiger partial charge >= 0.3 is 0 Å². The van der Waals surface area contributed by atoms with Crippen LogP contribution in [0.5, 0.6) is 0 Å². The third kappa shape index (κ3) is 2.75. The topological polar surface area (TPSA) is 62.4 Å². The SMILES string of the molecule is COCc1ccccc1C(C#N)N=C=O. The van der Waals surface area contributed by atoms with E-state index in [-0.39, 0.29) is 0 Å². The molecule has 4 nitrogen and oxygen atoms in total. The maximum absolute atomic E-state index is 10.1. The van der Waals surface area contributed by atoms with Crippen LogP contribution < -0.4 is 0 Å². The summed E-state index contributed by atoms with van der Waals surface area (Å²) >= 11 is 0. The van der Waals surface area contributed by atoms with Gasteiger partial charge in [0.15, 0.2) is 6.04 Å². The van der Waals surface area contributed by atoms with Gasteiger partial charge in [-0.25, -0.2) is 4.79 Å². The molecule has 1 aromatic carbocycles. The zero-order chi connectivity index (χ0) is 11.1. The maximum atomic E-state index is 10.1. The van der Waals surface area contributed by atoms with Crippen LogP contribution >= 0.6 is 0 Å². The molecule has 1 atom stereocenters. The van der Waals surface area contributed by atoms with Crippen molar-refractivity contribution >= 4 is 6.08 Å². The maximum Gasteiger partial charge on any atom is 0.236 e. The molecule has 0 radical (unpaired) electrons. The summed E-state index contributed by atoms with van der Waals surface area (Å²) in [5, 5.41) is 8.84. The number of ether oxygens (including phenoxy) is 1. The minimum Gasteiger partial charge on any atom is -0.380 e. The standard InChI is InChI=1S/C11H10N2O2/c1-15-7-9-4-2-3-5-10(9)11(6-12)13-8-14/h2-5,11H,7H2,1H3. The Bertz CT molecular complexity index is 417. The van der Waals surface area contributed by atoms with Gasteiger partial charge in [0.05, 0.1) is 12.7 Å². The first-order valence-electron chi connectivity index (χ1n) is 4.36. The summed E-state index contributed by atoms with van der Waals surface area (Å²) in [6.07, 6.45) is 1.40. The van der Waals surface area contributed by atoms with Gasteiger partial charge < -0.3 is 4.74 Å². The summed E-state index contributed by atoms with van der Waals surface area (Å²) in [7, 11) is 1.57. The van der Waals surface area contributed by atoms with Gasteiger partial charge in [0, 0.05) is 7.11 Å². The minimum absolute atomic E-state index is 0.392. The highest BCUT2D eigenvalue weighted by atomic mass is 16.5. The molecule has 4 heteroatoms. The molecule has 0 aliphatic heterocycles. The van der Waals surface area contributed by atoms with Gasteiger partial charge in [-0.2, -0.15) is 10.3 Å². The lowest BCUT2D eigenvalue weighted by molar-refractivity contribution is 0.184. The van der Waals surface area contributed by atoms with Crippen LogP contribution in [-0.2, 0) is 16.1 Å². The third-order valence-electron chi connectivity index (χ3n) is 1.95. The van der Waals surface area contributed by atoms with Crippen LogP contribution in [0.4, 0.5) is 0 Å². The summed E-state index contributed by atoms with van der Waals surface area (Å²) in [6.45, 7) is 0.392. The number of hydrogen-bond donors (Lipinski definition) is 0. The summed E-state index contributed by atoms with van der Waals surface area (Å²) in [5.74, 6) is 0. The van der Waals surface area contributed by atoms with Crippen LogP contribution in [0.3, 0.4) is 0 Å². The van der Waals surface area contributed by atoms with E-state index in [0.717, 1.165) is 5.56 Å². The Kier molecular flexibility index (Phi) is 4.24. The summed E-state index contributed by atoms with van der Waals surface area (Å²) in [5.41, 5.74) is 1.54. The molecule has 0 aromatic heterocycles. The first-order chi connectivity index (χ1) is 7.33. The fraction of sp³-hybridized carbons (Fsp3) is 0.273. The molecule has 0 N–H and O–H groups in total. The van der Waals surface area contributed by atoms with E-state index in [1.165, 1.54) is 6.08 Å². The highest BCUT2D eigenvalue weighted by Gasteiger charge is 2.12. The Balaban J connectivity index is 3.11. The molecule has 15 heavy (non-hydrogen) atoms. The van der Waals surface area contributed by atoms with E-state index in [1.807, 2.05) is 18.2 Å². The first kappa shape index (κ1) is 11.1. The minimum atomic E-state index is -0.797. The van der Waals surface area contributed by atoms with Crippen molar-refractivity contribution in [3.8, 4) is 6.07 Å². The van der Waals surface area contributed by atoms with Gasteiger partial charge in [-0.15, -0.1) is 0 Å². The molecule has 1 unspecified atom stereocenters. The van der Waals surface area contributed by atoms with Gasteiger partial charge in [-0.1, -0.05) is 24.3 Å². The lowest BCUT2D eigenvalue weighted by atomic mass is 10.0. The molecular weight excluding hydrogens is 192 g/mol. The highest BCUT2D eigenvalue weighted by molar-refractivity contribution is 5.40. The fourth-order valence-electron chi connectivity index (χ4n) is 1.31. The first-order valence-corrected chi connectivity index (χ1v) is 4.36. The molecular formula is C11H10N2O2. The van der Waals surface area contributed by atoms with Crippen LogP contribution in [-0.4, -0.2) is 13.2 Å². The molecule has 0 aliphatic rings. The van der Waals surface area contributed by atoms with Crippen LogP contribution in [0.25, 0.3) is 0 Å². The zero-order valence-corrected chi connectivity index (χ0v) is 8.30. The number of methoxy groups -OCH3 is 1. The number of benzene rings is 1. The van der Waals surface area contributed by atoms with Gasteiger partial charge in [0.1, 0.15) is 0 Å². The largest absolute Gasteiger partial charge is 0.380 e. The molecule has 1 rings (SSSR count). The van der Waals surface area contributed by atoms with Crippen LogP contribution in [0, 0.1) is 11.3 Å². The van der Waals surface area contributed by atoms with Crippen molar-refractivity contribution in [3.05, 3.63) is 35.4 Å². The summed E-state index contributed by atoms with van der Waals surface area (Å²) in [6, 6.07) is 8.36. The smallest absolute Gasteiger partial charge is 0.236 e. The third-order valence-corrected chi connectivity index (χ3v) is 1.95. The van der Waals surface area contributed by atoms with E-state index in [9.17, 15) is 4.79 Å². The Morgan fingerprint density at radius 1 is 1.53 bits per heavy atom. The zero-order valence-electron chi connectivity index (χ0n) is 8.30. The van der Waals surface area contributed by atoms with Gasteiger partial charge in [-0.05, 0) is 11.1 Å². The van der Waals surface area contributed by atoms with E-state index in [0.29, 0.717) is 12.2 Å². The van der Waals surface area contributed by atoms with Gasteiger partial charge in [0.25, 0.3) is 0 Å². The Hall–Kier alpha value is -1.95. The Morgan fingerprint density at radius 3 is 2.87 bits per heavy atom. The fourth-order valence-corrected chi connectivity index (χ4v) is 1.31. The number of aliphatic imine (C=N–C) groups is 1. The normalized spacial score (nSPS) is 11.2. The molecule has 0 aliphatic carbocycles. The number of nitriles is 1. The van der Waals surface area contributed by atoms with Crippen molar-refractivity contribution in [3.63, 3.8) is 0 Å². The average Bonchev–Trinajstić information content (AvgIpc) is 2.27. The molecule has 0 saturated carbocycles. The summed E-state index contributed by atoms with van der Waals surface area (Å²) in [4.78, 5) is 13.6. The molecule has 0 amide bonds. The van der Waals surface area contributed by atoms with Crippen LogP contribution in [0.15, 0.2) is 29.3 Å². The lowest BCUT2D eigenvalue weighted by Gasteiger charge is -2.08. The number of rotatable bonds is 4. The van der Waals surface area contributed by atoms with Gasteiger partial charge in [0.2, 0.25) is 6.08 Å². The molecule has 76 valence electrons. The van der Waals surface area contributed by atoms with Crippen LogP contribution in [0.1, 0.15) is 17.2 Å². The molecule has 1 aromatic rings. The average molecular weight is 202 g/mol. The quantitative estimate of drug-likeness (QED) is 0.551. The van der Waals surface area contributed by atoms with Crippen molar-refractivity contribution in [1.29, 1.82) is 5.26 Å². The molecule has 0 fully saturated rings. The van der Waals surface area contributed by atoms with Crippen LogP contribution in [0.2, 0.25) is 0 Å². The monoisotopic (exact) mass is 202 g/mol. The van der Waals surface area contributed by atoms with E-state index in [4.69, 9.17) is 10.00 Å². The van der Waals surface area contributed by atoms with E-state index in [1.54, 1.807) is 19.2 Å². The van der Waals surface area contributed by atoms with Crippen molar-refractivity contribution in [2.45, 2.75) is 12.6 Å². The molecule has 0 bridgehead atoms. The van der Waals surface area contributed by atoms with Crippen molar-refractivity contribution in [2.24, 2.45) is 4.99 Å². The number of nitrogens with zero attached hydrogens (tertiary/aromatic N) is 2.